The molecule has 5 amide bonds. The van der Waals surface area contributed by atoms with Crippen LogP contribution in [0, 0.1) is 12.7 Å². The number of esters is 1. The highest BCUT2D eigenvalue weighted by atomic mass is 19.1. The van der Waals surface area contributed by atoms with Crippen molar-refractivity contribution < 1.29 is 47.7 Å². The first-order chi connectivity index (χ1) is 31.7. The average Bonchev–Trinajstić information content (AvgIpc) is 3.69. The van der Waals surface area contributed by atoms with Crippen molar-refractivity contribution in [3.8, 4) is 11.4 Å². The molecule has 19 heteroatoms. The van der Waals surface area contributed by atoms with Crippen molar-refractivity contribution in [1.82, 2.24) is 30.8 Å². The topological polar surface area (TPSA) is 262 Å². The number of hydrogen-bond donors (Lipinski definition) is 7. The van der Waals surface area contributed by atoms with Crippen molar-refractivity contribution in [2.75, 3.05) is 25.0 Å². The third kappa shape index (κ3) is 8.81. The molecule has 3 atom stereocenters. The van der Waals surface area contributed by atoms with Gasteiger partial charge in [-0.3, -0.25) is 24.0 Å². The number of cyclic esters (lactones) is 1. The third-order valence-electron chi connectivity index (χ3n) is 12.3. The van der Waals surface area contributed by atoms with E-state index >= 15 is 4.39 Å². The van der Waals surface area contributed by atoms with Crippen LogP contribution in [0.15, 0.2) is 71.5 Å². The molecule has 0 spiro atoms. The largest absolute Gasteiger partial charge is 0.458 e. The number of halogens is 1. The fourth-order valence-electron chi connectivity index (χ4n) is 8.77. The summed E-state index contributed by atoms with van der Waals surface area (Å²) in [6.45, 7) is 1.87. The molecule has 3 aromatic carbocycles. The minimum atomic E-state index is -2.03. The molecular formula is C47H47FN8O10. The number of aromatic nitrogens is 2. The second-order valence-corrected chi connectivity index (χ2v) is 16.4. The summed E-state index contributed by atoms with van der Waals surface area (Å²) in [5.74, 6) is -3.60. The first-order valence-electron chi connectivity index (χ1n) is 21.4. The van der Waals surface area contributed by atoms with Crippen molar-refractivity contribution in [2.24, 2.45) is 5.73 Å². The van der Waals surface area contributed by atoms with Crippen molar-refractivity contribution in [3.05, 3.63) is 127 Å². The van der Waals surface area contributed by atoms with E-state index < -0.39 is 71.3 Å². The zero-order valence-corrected chi connectivity index (χ0v) is 36.0. The molecule has 0 unspecified atom stereocenters. The Kier molecular flexibility index (Phi) is 12.7. The van der Waals surface area contributed by atoms with Gasteiger partial charge in [0, 0.05) is 34.7 Å². The fourth-order valence-corrected chi connectivity index (χ4v) is 8.77. The molecule has 342 valence electrons. The second kappa shape index (κ2) is 18.5. The zero-order chi connectivity index (χ0) is 46.9. The number of anilines is 1. The van der Waals surface area contributed by atoms with Gasteiger partial charge in [0.15, 0.2) is 5.60 Å². The number of aliphatic hydroxyl groups is 1. The standard InChI is InChI=1S/C47H47FN8O10/c1-3-47(64)31-16-36-42-29(21-56(36)44(61)30(31)23-65-45(47)62)41-33(14-13-28-24(2)32(48)17-34(54-42)40(28)41)55-46(63)66-22-26-9-11-27(12-10-26)52-38(58)20-51-43(60)35(15-25-7-5-4-6-8-25)53-39(59)19-50-37(57)18-49/h4-12,16-17,33,35,64H,3,13-15,18-23,49H2,1-2H3,(H,50,57)(H,51,60)(H,52,58)(H,53,59)(H,55,63)/t33-,35-,47-/m0/s1. The minimum Gasteiger partial charge on any atom is -0.458 e. The molecule has 66 heavy (non-hydrogen) atoms. The monoisotopic (exact) mass is 902 g/mol. The first kappa shape index (κ1) is 45.1. The molecule has 2 aliphatic heterocycles. The predicted octanol–water partition coefficient (Wildman–Crippen LogP) is 2.30. The Hall–Kier alpha value is -7.51. The molecule has 2 aromatic heterocycles. The maximum Gasteiger partial charge on any atom is 0.407 e. The third-order valence-corrected chi connectivity index (χ3v) is 12.3. The van der Waals surface area contributed by atoms with Crippen LogP contribution in [0.2, 0.25) is 0 Å². The Morgan fingerprint density at radius 2 is 1.71 bits per heavy atom. The molecule has 18 nitrogen and oxygen atoms in total. The van der Waals surface area contributed by atoms with Crippen LogP contribution in [-0.4, -0.2) is 76.0 Å². The van der Waals surface area contributed by atoms with Gasteiger partial charge in [-0.2, -0.15) is 0 Å². The molecule has 0 saturated carbocycles. The van der Waals surface area contributed by atoms with Crippen molar-refractivity contribution >= 4 is 52.3 Å². The lowest BCUT2D eigenvalue weighted by Gasteiger charge is -2.31. The molecule has 4 heterocycles. The number of nitrogens with one attached hydrogen (secondary N) is 5. The number of fused-ring (bicyclic) bond motifs is 5. The molecule has 1 aliphatic carbocycles. The van der Waals surface area contributed by atoms with Gasteiger partial charge in [0.1, 0.15) is 25.1 Å². The molecule has 8 rings (SSSR count). The smallest absolute Gasteiger partial charge is 0.407 e. The summed E-state index contributed by atoms with van der Waals surface area (Å²) in [5.41, 5.74) is 8.47. The minimum absolute atomic E-state index is 0.0299. The van der Waals surface area contributed by atoms with Crippen LogP contribution in [0.25, 0.3) is 22.3 Å². The van der Waals surface area contributed by atoms with Gasteiger partial charge >= 0.3 is 12.1 Å². The van der Waals surface area contributed by atoms with E-state index in [1.165, 1.54) is 10.6 Å². The Labute approximate surface area is 376 Å². The van der Waals surface area contributed by atoms with E-state index in [9.17, 15) is 38.7 Å². The summed E-state index contributed by atoms with van der Waals surface area (Å²) in [7, 11) is 0. The van der Waals surface area contributed by atoms with Crippen LogP contribution in [-0.2, 0) is 71.6 Å². The maximum atomic E-state index is 15.3. The highest BCUT2D eigenvalue weighted by Gasteiger charge is 2.46. The lowest BCUT2D eigenvalue weighted by Crippen LogP contribution is -2.51. The van der Waals surface area contributed by atoms with E-state index in [0.717, 1.165) is 11.1 Å². The summed E-state index contributed by atoms with van der Waals surface area (Å²) in [6, 6.07) is 16.7. The van der Waals surface area contributed by atoms with E-state index in [4.69, 9.17) is 20.2 Å². The Balaban J connectivity index is 0.915. The zero-order valence-electron chi connectivity index (χ0n) is 36.0. The quantitative estimate of drug-likeness (QED) is 0.0778. The first-order valence-corrected chi connectivity index (χ1v) is 21.4. The van der Waals surface area contributed by atoms with Crippen LogP contribution in [0.1, 0.15) is 70.3 Å². The number of carbonyl (C=O) groups is 6. The molecule has 0 bridgehead atoms. The van der Waals surface area contributed by atoms with E-state index in [2.05, 4.69) is 26.6 Å². The van der Waals surface area contributed by atoms with Gasteiger partial charge in [-0.1, -0.05) is 49.4 Å². The second-order valence-electron chi connectivity index (χ2n) is 16.4. The van der Waals surface area contributed by atoms with Crippen LogP contribution < -0.4 is 37.9 Å². The normalized spacial score (nSPS) is 17.0. The molecule has 3 aliphatic rings. The SMILES string of the molecule is CC[C@@]1(O)C(=O)OCc2c1cc1n(c2=O)Cc2c-1nc1cc(F)c(C)c3c1c2[C@@H](NC(=O)OCc1ccc(NC(=O)CNC(=O)[C@H](Cc2ccccc2)NC(=O)CNC(=O)CN)cc1)CC3. The van der Waals surface area contributed by atoms with Gasteiger partial charge in [0.25, 0.3) is 5.56 Å². The van der Waals surface area contributed by atoms with Crippen LogP contribution >= 0.6 is 0 Å². The fraction of sp³-hybridized carbons (Fsp3) is 0.319. The molecule has 0 saturated heterocycles. The van der Waals surface area contributed by atoms with E-state index in [0.29, 0.717) is 63.1 Å². The number of rotatable bonds is 14. The van der Waals surface area contributed by atoms with Crippen LogP contribution in [0.4, 0.5) is 14.9 Å². The molecular weight excluding hydrogens is 856 g/mol. The van der Waals surface area contributed by atoms with Gasteiger partial charge in [0.2, 0.25) is 23.6 Å². The number of aryl methyl sites for hydroxylation is 1. The van der Waals surface area contributed by atoms with E-state index in [1.807, 2.05) is 6.07 Å². The van der Waals surface area contributed by atoms with Crippen molar-refractivity contribution in [3.63, 3.8) is 0 Å². The molecule has 8 N–H and O–H groups in total. The molecule has 5 aromatic rings. The summed E-state index contributed by atoms with van der Waals surface area (Å²) in [4.78, 5) is 94.9. The van der Waals surface area contributed by atoms with Gasteiger partial charge in [-0.15, -0.1) is 0 Å². The summed E-state index contributed by atoms with van der Waals surface area (Å²) < 4.78 is 27.7. The number of alkyl carbamates (subject to hydrolysis) is 1. The number of hydrogen-bond acceptors (Lipinski definition) is 12. The maximum absolute atomic E-state index is 15.3. The number of ether oxygens (including phenoxy) is 2. The lowest BCUT2D eigenvalue weighted by molar-refractivity contribution is -0.172. The predicted molar refractivity (Wildman–Crippen MR) is 236 cm³/mol. The summed E-state index contributed by atoms with van der Waals surface area (Å²) in [5, 5.41) is 25.2. The lowest BCUT2D eigenvalue weighted by atomic mass is 9.81. The van der Waals surface area contributed by atoms with Gasteiger partial charge in [0.05, 0.1) is 54.7 Å². The highest BCUT2D eigenvalue weighted by Crippen LogP contribution is 2.46. The van der Waals surface area contributed by atoms with E-state index in [-0.39, 0.29) is 56.8 Å². The number of carbonyl (C=O) groups excluding carboxylic acids is 6. The van der Waals surface area contributed by atoms with Gasteiger partial charge < -0.3 is 51.5 Å². The van der Waals surface area contributed by atoms with Crippen LogP contribution in [0.5, 0.6) is 0 Å². The number of pyridine rings is 2. The average molecular weight is 903 g/mol. The number of nitrogens with two attached hydrogens (primary N) is 1. The molecule has 0 fully saturated rings. The summed E-state index contributed by atoms with van der Waals surface area (Å²) in [6.07, 6.45) is 0.189. The summed E-state index contributed by atoms with van der Waals surface area (Å²) >= 11 is 0. The van der Waals surface area contributed by atoms with Crippen molar-refractivity contribution in [2.45, 2.75) is 77.0 Å². The van der Waals surface area contributed by atoms with Crippen LogP contribution in [0.3, 0.4) is 0 Å². The number of amides is 5. The Bertz CT molecular complexity index is 2870. The number of nitrogens with zero attached hydrogens (tertiary/aromatic N) is 2. The Morgan fingerprint density at radius 3 is 2.44 bits per heavy atom. The van der Waals surface area contributed by atoms with Gasteiger partial charge in [-0.25, -0.2) is 19.0 Å². The Morgan fingerprint density at radius 1 is 0.970 bits per heavy atom. The molecule has 0 radical (unpaired) electrons. The van der Waals surface area contributed by atoms with Crippen molar-refractivity contribution in [1.29, 1.82) is 0 Å². The van der Waals surface area contributed by atoms with E-state index in [1.54, 1.807) is 68.4 Å². The van der Waals surface area contributed by atoms with Gasteiger partial charge in [-0.05, 0) is 72.2 Å². The highest BCUT2D eigenvalue weighted by molar-refractivity contribution is 5.97. The number of benzene rings is 3.